The van der Waals surface area contributed by atoms with Crippen molar-refractivity contribution in [3.05, 3.63) is 70.3 Å². The number of benzene rings is 2. The van der Waals surface area contributed by atoms with Gasteiger partial charge >= 0.3 is 23.6 Å². The summed E-state index contributed by atoms with van der Waals surface area (Å²) in [4.78, 5) is 60.5. The third-order valence-corrected chi connectivity index (χ3v) is 6.14. The van der Waals surface area contributed by atoms with Crippen molar-refractivity contribution in [2.45, 2.75) is 37.1 Å². The summed E-state index contributed by atoms with van der Waals surface area (Å²) in [6, 6.07) is 13.3. The summed E-state index contributed by atoms with van der Waals surface area (Å²) in [5.74, 6) is -4.88. The van der Waals surface area contributed by atoms with Crippen molar-refractivity contribution in [3.63, 3.8) is 0 Å². The van der Waals surface area contributed by atoms with Crippen molar-refractivity contribution in [1.29, 1.82) is 0 Å². The lowest BCUT2D eigenvalue weighted by molar-refractivity contribution is -0.384. The molecule has 0 spiro atoms. The van der Waals surface area contributed by atoms with E-state index in [0.717, 1.165) is 11.8 Å². The van der Waals surface area contributed by atoms with Gasteiger partial charge in [-0.2, -0.15) is 0 Å². The first-order chi connectivity index (χ1) is 16.5. The molecule has 3 rings (SSSR count). The Balaban J connectivity index is 1.79. The van der Waals surface area contributed by atoms with Crippen molar-refractivity contribution < 1.29 is 38.3 Å². The normalized spacial score (nSPS) is 19.8. The molecule has 1 saturated heterocycles. The van der Waals surface area contributed by atoms with Crippen molar-refractivity contribution in [1.82, 2.24) is 4.90 Å². The number of carbonyl (C=O) groups excluding carboxylic acids is 4. The molecule has 1 unspecified atom stereocenters. The summed E-state index contributed by atoms with van der Waals surface area (Å²) < 4.78 is 16.1. The van der Waals surface area contributed by atoms with Crippen LogP contribution in [0.15, 0.2) is 54.6 Å². The molecule has 0 N–H and O–H groups in total. The van der Waals surface area contributed by atoms with Crippen molar-refractivity contribution >= 4 is 52.0 Å². The van der Waals surface area contributed by atoms with Gasteiger partial charge in [-0.25, -0.2) is 4.79 Å². The van der Waals surface area contributed by atoms with Crippen LogP contribution >= 0.6 is 23.4 Å². The van der Waals surface area contributed by atoms with Crippen LogP contribution in [0.5, 0.6) is 5.75 Å². The number of hydrogen-bond donors (Lipinski definition) is 0. The predicted octanol–water partition coefficient (Wildman–Crippen LogP) is 2.99. The summed E-state index contributed by atoms with van der Waals surface area (Å²) in [6.45, 7) is 2.02. The number of nitro benzene ring substituents is 1. The first-order valence-corrected chi connectivity index (χ1v) is 11.3. The van der Waals surface area contributed by atoms with Gasteiger partial charge in [-0.1, -0.05) is 41.6 Å². The summed E-state index contributed by atoms with van der Waals surface area (Å²) in [5.41, 5.74) is -1.37. The largest absolute Gasteiger partial charge is 0.458 e. The average molecular weight is 523 g/mol. The molecule has 0 aromatic heterocycles. The first kappa shape index (κ1) is 26.0. The Morgan fingerprint density at radius 1 is 1.14 bits per heavy atom. The smallest absolute Gasteiger partial charge is 0.365 e. The molecule has 0 saturated carbocycles. The Kier molecular flexibility index (Phi) is 7.97. The number of β-lactam (4-membered cyclic amide) rings is 1. The number of rotatable bonds is 9. The minimum atomic E-state index is -2.23. The molecule has 13 heteroatoms. The minimum Gasteiger partial charge on any atom is -0.458 e. The third kappa shape index (κ3) is 5.72. The Morgan fingerprint density at radius 2 is 1.77 bits per heavy atom. The number of likely N-dealkylation sites (tertiary alicyclic amines) is 1. The number of hydrogen-bond acceptors (Lipinski definition) is 10. The van der Waals surface area contributed by atoms with E-state index < -0.39 is 44.5 Å². The lowest BCUT2D eigenvalue weighted by atomic mass is 10.0. The monoisotopic (exact) mass is 522 g/mol. The number of halogens is 1. The second-order valence-corrected chi connectivity index (χ2v) is 8.89. The number of amides is 1. The molecule has 1 aliphatic heterocycles. The zero-order valence-corrected chi connectivity index (χ0v) is 20.0. The molecular weight excluding hydrogens is 504 g/mol. The summed E-state index contributed by atoms with van der Waals surface area (Å²) >= 11 is 6.82. The number of para-hydroxylation sites is 1. The predicted molar refractivity (Wildman–Crippen MR) is 123 cm³/mol. The number of thioether (sulfide) groups is 1. The number of nitrogens with zero attached hydrogens (tertiary/aromatic N) is 2. The second kappa shape index (κ2) is 10.7. The van der Waals surface area contributed by atoms with E-state index in [-0.39, 0.29) is 18.0 Å². The SMILES string of the molecule is CC(=O)O[C@@]1(Oc2ccccc2)C(=O)N(C(Cl)C(=O)OCc2ccc([N+](=O)[O-])cc2)[C@@H]1SC(C)=O. The van der Waals surface area contributed by atoms with Gasteiger partial charge in [-0.05, 0) is 29.8 Å². The standard InChI is InChI=1S/C22H19ClN2O9S/c1-13(26)33-22(34-17-6-4-3-5-7-17)20(29)24(21(22)35-14(2)27)18(23)19(28)32-12-15-8-10-16(11-9-15)25(30)31/h3-11,18,21H,12H2,1-2H3/t18?,21-,22-/m1/s1. The van der Waals surface area contributed by atoms with E-state index in [1.54, 1.807) is 18.2 Å². The van der Waals surface area contributed by atoms with E-state index in [1.807, 2.05) is 0 Å². The van der Waals surface area contributed by atoms with Crippen LogP contribution in [0, 0.1) is 10.1 Å². The lowest BCUT2D eigenvalue weighted by Crippen LogP contribution is -2.78. The van der Waals surface area contributed by atoms with Crippen LogP contribution in [-0.4, -0.2) is 49.4 Å². The maximum absolute atomic E-state index is 13.2. The molecule has 2 aromatic carbocycles. The highest BCUT2D eigenvalue weighted by Gasteiger charge is 2.70. The number of carbonyl (C=O) groups is 4. The van der Waals surface area contributed by atoms with Gasteiger partial charge in [0.1, 0.15) is 12.4 Å². The van der Waals surface area contributed by atoms with Crippen LogP contribution in [0.2, 0.25) is 0 Å². The number of non-ortho nitro benzene ring substituents is 1. The molecule has 2 aromatic rings. The molecule has 0 aliphatic carbocycles. The van der Waals surface area contributed by atoms with Crippen molar-refractivity contribution in [3.8, 4) is 5.75 Å². The molecule has 1 heterocycles. The van der Waals surface area contributed by atoms with Gasteiger partial charge < -0.3 is 14.2 Å². The Morgan fingerprint density at radius 3 is 2.31 bits per heavy atom. The third-order valence-electron chi connectivity index (χ3n) is 4.66. The van der Waals surface area contributed by atoms with Gasteiger partial charge in [0.05, 0.1) is 4.92 Å². The molecule has 11 nitrogen and oxygen atoms in total. The van der Waals surface area contributed by atoms with Crippen molar-refractivity contribution in [2.24, 2.45) is 0 Å². The van der Waals surface area contributed by atoms with E-state index in [4.69, 9.17) is 25.8 Å². The van der Waals surface area contributed by atoms with Gasteiger partial charge in [0.2, 0.25) is 5.50 Å². The quantitative estimate of drug-likeness (QED) is 0.0916. The van der Waals surface area contributed by atoms with Gasteiger partial charge in [0, 0.05) is 26.0 Å². The van der Waals surface area contributed by atoms with E-state index >= 15 is 0 Å². The molecule has 1 aliphatic rings. The molecule has 0 bridgehead atoms. The van der Waals surface area contributed by atoms with Gasteiger partial charge in [-0.3, -0.25) is 29.4 Å². The lowest BCUT2D eigenvalue weighted by Gasteiger charge is -2.52. The van der Waals surface area contributed by atoms with Crippen LogP contribution in [0.1, 0.15) is 19.4 Å². The Hall–Kier alpha value is -3.64. The second-order valence-electron chi connectivity index (χ2n) is 7.22. The van der Waals surface area contributed by atoms with Crippen molar-refractivity contribution in [2.75, 3.05) is 0 Å². The minimum absolute atomic E-state index is 0.134. The fraction of sp³-hybridized carbons (Fsp3) is 0.273. The van der Waals surface area contributed by atoms with E-state index in [9.17, 15) is 29.3 Å². The summed E-state index contributed by atoms with van der Waals surface area (Å²) in [6.07, 6.45) is 0. The first-order valence-electron chi connectivity index (χ1n) is 10.0. The van der Waals surface area contributed by atoms with Crippen LogP contribution in [0.3, 0.4) is 0 Å². The van der Waals surface area contributed by atoms with E-state index in [0.29, 0.717) is 17.3 Å². The number of alkyl halides is 1. The number of ether oxygens (including phenoxy) is 3. The molecular formula is C22H19ClN2O9S. The van der Waals surface area contributed by atoms with Gasteiger partial charge in [0.25, 0.3) is 5.69 Å². The highest BCUT2D eigenvalue weighted by Crippen LogP contribution is 2.45. The summed E-state index contributed by atoms with van der Waals surface area (Å²) in [7, 11) is 0. The maximum Gasteiger partial charge on any atom is 0.365 e. The fourth-order valence-corrected chi connectivity index (χ4v) is 4.49. The van der Waals surface area contributed by atoms with Gasteiger partial charge in [-0.15, -0.1) is 0 Å². The van der Waals surface area contributed by atoms with Crippen LogP contribution < -0.4 is 4.74 Å². The molecule has 0 radical (unpaired) electrons. The topological polar surface area (TPSA) is 142 Å². The average Bonchev–Trinajstić information content (AvgIpc) is 2.82. The Bertz CT molecular complexity index is 1150. The zero-order valence-electron chi connectivity index (χ0n) is 18.4. The van der Waals surface area contributed by atoms with Crippen LogP contribution in [0.4, 0.5) is 5.69 Å². The summed E-state index contributed by atoms with van der Waals surface area (Å²) in [5, 5.41) is 9.01. The van der Waals surface area contributed by atoms with Crippen LogP contribution in [-0.2, 0) is 35.3 Å². The highest BCUT2D eigenvalue weighted by atomic mass is 35.5. The van der Waals surface area contributed by atoms with Crippen LogP contribution in [0.25, 0.3) is 0 Å². The number of esters is 2. The highest BCUT2D eigenvalue weighted by molar-refractivity contribution is 8.14. The maximum atomic E-state index is 13.2. The molecule has 35 heavy (non-hydrogen) atoms. The number of nitro groups is 1. The molecule has 1 fully saturated rings. The van der Waals surface area contributed by atoms with Gasteiger partial charge in [0.15, 0.2) is 10.5 Å². The Labute approximate surface area is 208 Å². The molecule has 3 atom stereocenters. The van der Waals surface area contributed by atoms with E-state index in [1.165, 1.54) is 43.3 Å². The molecule has 184 valence electrons. The van der Waals surface area contributed by atoms with E-state index in [2.05, 4.69) is 0 Å². The fourth-order valence-electron chi connectivity index (χ4n) is 3.16. The zero-order chi connectivity index (χ0) is 25.8. The molecule has 1 amide bonds.